The van der Waals surface area contributed by atoms with Gasteiger partial charge >= 0.3 is 5.69 Å². The van der Waals surface area contributed by atoms with Crippen LogP contribution in [0, 0.1) is 12.7 Å². The average Bonchev–Trinajstić information content (AvgIpc) is 2.82. The minimum absolute atomic E-state index is 0.237. The van der Waals surface area contributed by atoms with Crippen LogP contribution >= 0.6 is 0 Å². The zero-order valence-corrected chi connectivity index (χ0v) is 20.2. The van der Waals surface area contributed by atoms with Crippen molar-refractivity contribution < 1.29 is 4.39 Å². The van der Waals surface area contributed by atoms with Crippen molar-refractivity contribution in [3.8, 4) is 0 Å². The van der Waals surface area contributed by atoms with E-state index in [4.69, 9.17) is 4.99 Å². The summed E-state index contributed by atoms with van der Waals surface area (Å²) in [5.74, 6) is 0.782. The Labute approximate surface area is 194 Å². The van der Waals surface area contributed by atoms with E-state index in [0.717, 1.165) is 31.3 Å². The maximum atomic E-state index is 14.1. The number of benzene rings is 1. The Hall–Kier alpha value is -2.96. The number of rotatable bonds is 7. The molecule has 1 aromatic heterocycles. The Morgan fingerprint density at radius 2 is 1.79 bits per heavy atom. The summed E-state index contributed by atoms with van der Waals surface area (Å²) >= 11 is 0. The quantitative estimate of drug-likeness (QED) is 0.490. The van der Waals surface area contributed by atoms with Crippen LogP contribution in [0.2, 0.25) is 0 Å². The third-order valence-corrected chi connectivity index (χ3v) is 6.37. The highest BCUT2D eigenvalue weighted by molar-refractivity contribution is 5.99. The second kappa shape index (κ2) is 11.3. The van der Waals surface area contributed by atoms with Crippen molar-refractivity contribution in [3.63, 3.8) is 0 Å². The van der Waals surface area contributed by atoms with E-state index in [0.29, 0.717) is 42.3 Å². The minimum Gasteiger partial charge on any atom is -0.367 e. The number of nitrogens with zero attached hydrogens (tertiary/aromatic N) is 3. The second-order valence-electron chi connectivity index (χ2n) is 8.65. The Morgan fingerprint density at radius 1 is 1.12 bits per heavy atom. The van der Waals surface area contributed by atoms with Gasteiger partial charge in [-0.2, -0.15) is 0 Å². The Kier molecular flexibility index (Phi) is 8.42. The standard InChI is InChI=1S/C26H35FN4O2/c1-5-30-24(19(4)25(32)31(6-2)26(30)33)29-23(28-21-13-8-7-9-14-21)18(3)16-17-20-12-10-11-15-22(20)27/h10-12,15-16,21H,5-9,13-14,17H2,1-4H3,(H,28,29)/b18-16-. The lowest BCUT2D eigenvalue weighted by Crippen LogP contribution is -2.41. The monoisotopic (exact) mass is 454 g/mol. The molecule has 0 unspecified atom stereocenters. The molecule has 0 spiro atoms. The maximum absolute atomic E-state index is 14.1. The fourth-order valence-corrected chi connectivity index (χ4v) is 4.34. The number of aliphatic imine (C=N–C) groups is 1. The summed E-state index contributed by atoms with van der Waals surface area (Å²) in [5, 5.41) is 3.56. The number of aromatic nitrogens is 2. The van der Waals surface area contributed by atoms with Crippen LogP contribution in [0.15, 0.2) is 50.5 Å². The maximum Gasteiger partial charge on any atom is 0.332 e. The molecule has 6 nitrogen and oxygen atoms in total. The molecule has 1 saturated carbocycles. The second-order valence-corrected chi connectivity index (χ2v) is 8.65. The van der Waals surface area contributed by atoms with Gasteiger partial charge in [0.05, 0.1) is 5.56 Å². The fraction of sp³-hybridized carbons (Fsp3) is 0.500. The summed E-state index contributed by atoms with van der Waals surface area (Å²) < 4.78 is 16.9. The molecular weight excluding hydrogens is 419 g/mol. The van der Waals surface area contributed by atoms with Gasteiger partial charge in [-0.1, -0.05) is 43.5 Å². The van der Waals surface area contributed by atoms with E-state index in [2.05, 4.69) is 5.32 Å². The third kappa shape index (κ3) is 5.70. The van der Waals surface area contributed by atoms with Crippen molar-refractivity contribution in [1.82, 2.24) is 14.5 Å². The molecule has 0 saturated heterocycles. The zero-order chi connectivity index (χ0) is 24.0. The number of hydrogen-bond donors (Lipinski definition) is 1. The normalized spacial score (nSPS) is 15.7. The van der Waals surface area contributed by atoms with E-state index in [1.165, 1.54) is 17.1 Å². The average molecular weight is 455 g/mol. The fourth-order valence-electron chi connectivity index (χ4n) is 4.34. The van der Waals surface area contributed by atoms with Crippen molar-refractivity contribution >= 4 is 11.7 Å². The van der Waals surface area contributed by atoms with Crippen molar-refractivity contribution in [1.29, 1.82) is 0 Å². The van der Waals surface area contributed by atoms with Crippen LogP contribution in [0.3, 0.4) is 0 Å². The molecule has 0 radical (unpaired) electrons. The summed E-state index contributed by atoms with van der Waals surface area (Å²) in [6.45, 7) is 8.04. The number of allylic oxidation sites excluding steroid dienone is 1. The molecule has 0 bridgehead atoms. The molecule has 1 aromatic carbocycles. The molecule has 0 amide bonds. The molecule has 178 valence electrons. The summed E-state index contributed by atoms with van der Waals surface area (Å²) in [4.78, 5) is 30.5. The predicted molar refractivity (Wildman–Crippen MR) is 132 cm³/mol. The van der Waals surface area contributed by atoms with Gasteiger partial charge in [-0.05, 0) is 64.2 Å². The van der Waals surface area contributed by atoms with Gasteiger partial charge in [-0.25, -0.2) is 14.2 Å². The van der Waals surface area contributed by atoms with E-state index >= 15 is 0 Å². The SMILES string of the molecule is CCn1c(/N=C(NC2CCCCC2)\C(C)=C/Cc2ccccc2F)c(C)c(=O)n(CC)c1=O. The van der Waals surface area contributed by atoms with E-state index in [1.807, 2.05) is 26.0 Å². The summed E-state index contributed by atoms with van der Waals surface area (Å²) in [7, 11) is 0. The molecule has 0 atom stereocenters. The van der Waals surface area contributed by atoms with Gasteiger partial charge in [-0.15, -0.1) is 0 Å². The lowest BCUT2D eigenvalue weighted by atomic mass is 9.95. The zero-order valence-electron chi connectivity index (χ0n) is 20.2. The van der Waals surface area contributed by atoms with Crippen LogP contribution in [0.25, 0.3) is 0 Å². The van der Waals surface area contributed by atoms with Crippen LogP contribution in [-0.4, -0.2) is 21.0 Å². The highest BCUT2D eigenvalue weighted by Gasteiger charge is 2.19. The molecule has 1 fully saturated rings. The molecule has 1 N–H and O–H groups in total. The first-order valence-electron chi connectivity index (χ1n) is 12.0. The van der Waals surface area contributed by atoms with Crippen molar-refractivity contribution in [2.45, 2.75) is 85.4 Å². The number of hydrogen-bond acceptors (Lipinski definition) is 3. The van der Waals surface area contributed by atoms with E-state index in [9.17, 15) is 14.0 Å². The van der Waals surface area contributed by atoms with Crippen molar-refractivity contribution in [2.24, 2.45) is 4.99 Å². The smallest absolute Gasteiger partial charge is 0.332 e. The Bertz CT molecular complexity index is 1150. The molecule has 1 aliphatic carbocycles. The van der Waals surface area contributed by atoms with Gasteiger partial charge in [0, 0.05) is 19.1 Å². The summed E-state index contributed by atoms with van der Waals surface area (Å²) in [6, 6.07) is 7.02. The largest absolute Gasteiger partial charge is 0.367 e. The summed E-state index contributed by atoms with van der Waals surface area (Å²) in [5.41, 5.74) is 1.26. The van der Waals surface area contributed by atoms with Gasteiger partial charge in [-0.3, -0.25) is 13.9 Å². The first kappa shape index (κ1) is 24.7. The first-order chi connectivity index (χ1) is 15.9. The van der Waals surface area contributed by atoms with Gasteiger partial charge in [0.1, 0.15) is 17.5 Å². The predicted octanol–water partition coefficient (Wildman–Crippen LogP) is 4.64. The first-order valence-corrected chi connectivity index (χ1v) is 12.0. The Morgan fingerprint density at radius 3 is 2.42 bits per heavy atom. The Balaban J connectivity index is 2.07. The van der Waals surface area contributed by atoms with E-state index < -0.39 is 0 Å². The minimum atomic E-state index is -0.348. The van der Waals surface area contributed by atoms with Crippen molar-refractivity contribution in [3.05, 3.63) is 73.7 Å². The molecule has 7 heteroatoms. The number of amidine groups is 1. The van der Waals surface area contributed by atoms with E-state index in [-0.39, 0.29) is 23.1 Å². The van der Waals surface area contributed by atoms with Crippen LogP contribution in [0.5, 0.6) is 0 Å². The summed E-state index contributed by atoms with van der Waals surface area (Å²) in [6.07, 6.45) is 8.04. The van der Waals surface area contributed by atoms with Crippen LogP contribution < -0.4 is 16.6 Å². The topological polar surface area (TPSA) is 68.4 Å². The lowest BCUT2D eigenvalue weighted by Gasteiger charge is -2.25. The van der Waals surface area contributed by atoms with Gasteiger partial charge in [0.2, 0.25) is 0 Å². The number of halogens is 1. The van der Waals surface area contributed by atoms with Crippen LogP contribution in [0.4, 0.5) is 10.2 Å². The molecule has 2 aromatic rings. The highest BCUT2D eigenvalue weighted by atomic mass is 19.1. The molecule has 33 heavy (non-hydrogen) atoms. The van der Waals surface area contributed by atoms with Gasteiger partial charge in [0.15, 0.2) is 0 Å². The molecule has 1 aliphatic rings. The van der Waals surface area contributed by atoms with E-state index in [1.54, 1.807) is 30.5 Å². The highest BCUT2D eigenvalue weighted by Crippen LogP contribution is 2.20. The van der Waals surface area contributed by atoms with Gasteiger partial charge in [0.25, 0.3) is 5.56 Å². The molecule has 1 heterocycles. The van der Waals surface area contributed by atoms with Crippen molar-refractivity contribution in [2.75, 3.05) is 0 Å². The molecular formula is C26H35FN4O2. The number of nitrogens with one attached hydrogen (secondary N) is 1. The van der Waals surface area contributed by atoms with Gasteiger partial charge < -0.3 is 5.32 Å². The lowest BCUT2D eigenvalue weighted by molar-refractivity contribution is 0.413. The molecule has 0 aliphatic heterocycles. The van der Waals surface area contributed by atoms with Crippen LogP contribution in [0.1, 0.15) is 64.0 Å². The third-order valence-electron chi connectivity index (χ3n) is 6.37. The van der Waals surface area contributed by atoms with Crippen LogP contribution in [-0.2, 0) is 19.5 Å². The molecule has 3 rings (SSSR count).